The summed E-state index contributed by atoms with van der Waals surface area (Å²) in [5, 5.41) is 4.58. The lowest BCUT2D eigenvalue weighted by atomic mass is 10.0. The van der Waals surface area contributed by atoms with Crippen molar-refractivity contribution in [3.8, 4) is 5.75 Å². The Morgan fingerprint density at radius 1 is 0.897 bits per heavy atom. The predicted octanol–water partition coefficient (Wildman–Crippen LogP) is 2.93. The maximum Gasteiger partial charge on any atom is 0.325 e. The number of nitrogens with one attached hydrogen (secondary N) is 1. The molecule has 0 spiro atoms. The van der Waals surface area contributed by atoms with E-state index in [9.17, 15) is 14.4 Å². The van der Waals surface area contributed by atoms with E-state index in [0.29, 0.717) is 11.3 Å². The Balaban J connectivity index is 1.49. The minimum absolute atomic E-state index is 0.148. The molecule has 0 aliphatic heterocycles. The van der Waals surface area contributed by atoms with Gasteiger partial charge in [0.05, 0.1) is 19.1 Å². The van der Waals surface area contributed by atoms with Crippen LogP contribution in [0.3, 0.4) is 0 Å². The third-order valence-electron chi connectivity index (χ3n) is 4.43. The van der Waals surface area contributed by atoms with Crippen molar-refractivity contribution in [1.82, 2.24) is 5.32 Å². The van der Waals surface area contributed by atoms with Crippen molar-refractivity contribution in [1.29, 1.82) is 0 Å². The number of carbonyl (C=O) groups is 3. The number of esters is 1. The molecule has 6 nitrogen and oxygen atoms in total. The third-order valence-corrected chi connectivity index (χ3v) is 4.43. The van der Waals surface area contributed by atoms with Crippen LogP contribution in [0.25, 0.3) is 10.8 Å². The second-order valence-electron chi connectivity index (χ2n) is 6.38. The van der Waals surface area contributed by atoms with Crippen LogP contribution in [0.1, 0.15) is 15.9 Å². The van der Waals surface area contributed by atoms with Gasteiger partial charge in [-0.3, -0.25) is 14.4 Å². The summed E-state index contributed by atoms with van der Waals surface area (Å²) in [5.74, 6) is -0.941. The molecule has 1 amide bonds. The van der Waals surface area contributed by atoms with Gasteiger partial charge in [-0.25, -0.2) is 0 Å². The second-order valence-corrected chi connectivity index (χ2v) is 6.38. The van der Waals surface area contributed by atoms with Crippen LogP contribution in [-0.2, 0) is 20.7 Å². The van der Waals surface area contributed by atoms with Gasteiger partial charge in [0.1, 0.15) is 12.3 Å². The maximum atomic E-state index is 12.2. The smallest absolute Gasteiger partial charge is 0.325 e. The fraction of sp³-hybridized carbons (Fsp3) is 0.174. The summed E-state index contributed by atoms with van der Waals surface area (Å²) in [6.07, 6.45) is 0.148. The summed E-state index contributed by atoms with van der Waals surface area (Å²) in [4.78, 5) is 36.3. The molecule has 0 fully saturated rings. The first-order valence-electron chi connectivity index (χ1n) is 9.13. The molecule has 0 unspecified atom stereocenters. The van der Waals surface area contributed by atoms with Gasteiger partial charge < -0.3 is 14.8 Å². The Morgan fingerprint density at radius 2 is 1.62 bits per heavy atom. The molecule has 0 radical (unpaired) electrons. The van der Waals surface area contributed by atoms with E-state index in [-0.39, 0.29) is 24.7 Å². The fourth-order valence-electron chi connectivity index (χ4n) is 3.00. The Kier molecular flexibility index (Phi) is 6.58. The average molecular weight is 391 g/mol. The molecule has 148 valence electrons. The van der Waals surface area contributed by atoms with E-state index < -0.39 is 12.6 Å². The van der Waals surface area contributed by atoms with Crippen LogP contribution in [-0.4, -0.2) is 37.9 Å². The van der Waals surface area contributed by atoms with Crippen molar-refractivity contribution in [3.63, 3.8) is 0 Å². The number of para-hydroxylation sites is 1. The standard InChI is InChI=1S/C23H21NO5/c1-28-21-12-5-4-11-19(21)20(25)15-29-23(27)14-24-22(26)13-17-9-6-8-16-7-2-3-10-18(16)17/h2-12H,13-15H2,1H3,(H,24,26). The van der Waals surface area contributed by atoms with Gasteiger partial charge in [-0.1, -0.05) is 54.6 Å². The Morgan fingerprint density at radius 3 is 2.45 bits per heavy atom. The highest BCUT2D eigenvalue weighted by molar-refractivity contribution is 6.00. The molecule has 0 aliphatic carbocycles. The zero-order valence-electron chi connectivity index (χ0n) is 16.0. The van der Waals surface area contributed by atoms with E-state index >= 15 is 0 Å². The number of methoxy groups -OCH3 is 1. The summed E-state index contributed by atoms with van der Waals surface area (Å²) in [6.45, 7) is -0.721. The molecule has 0 saturated heterocycles. The van der Waals surface area contributed by atoms with Crippen LogP contribution >= 0.6 is 0 Å². The van der Waals surface area contributed by atoms with Crippen LogP contribution in [0, 0.1) is 0 Å². The number of Topliss-reactive ketones (excluding diaryl/α,β-unsaturated/α-hetero) is 1. The van der Waals surface area contributed by atoms with E-state index in [1.54, 1.807) is 24.3 Å². The lowest BCUT2D eigenvalue weighted by Crippen LogP contribution is -2.32. The van der Waals surface area contributed by atoms with Gasteiger partial charge in [-0.15, -0.1) is 0 Å². The second kappa shape index (κ2) is 9.50. The molecule has 1 N–H and O–H groups in total. The largest absolute Gasteiger partial charge is 0.496 e. The molecule has 0 saturated carbocycles. The molecule has 6 heteroatoms. The number of ketones is 1. The minimum Gasteiger partial charge on any atom is -0.496 e. The molecule has 0 atom stereocenters. The number of ether oxygens (including phenoxy) is 2. The lowest BCUT2D eigenvalue weighted by molar-refractivity contribution is -0.142. The van der Waals surface area contributed by atoms with Gasteiger partial charge in [0.2, 0.25) is 11.7 Å². The first-order chi connectivity index (χ1) is 14.1. The summed E-state index contributed by atoms with van der Waals surface area (Å²) in [5.41, 5.74) is 1.21. The Hall–Kier alpha value is -3.67. The first kappa shape index (κ1) is 20.1. The fourth-order valence-corrected chi connectivity index (χ4v) is 3.00. The average Bonchev–Trinajstić information content (AvgIpc) is 2.76. The SMILES string of the molecule is COc1ccccc1C(=O)COC(=O)CNC(=O)Cc1cccc2ccccc12. The number of fused-ring (bicyclic) bond motifs is 1. The molecule has 0 aromatic heterocycles. The molecule has 3 aromatic carbocycles. The zero-order chi connectivity index (χ0) is 20.6. The van der Waals surface area contributed by atoms with Gasteiger partial charge in [0.15, 0.2) is 6.61 Å². The number of hydrogen-bond donors (Lipinski definition) is 1. The Bertz CT molecular complexity index is 1040. The van der Waals surface area contributed by atoms with Crippen molar-refractivity contribution in [2.45, 2.75) is 6.42 Å². The van der Waals surface area contributed by atoms with Gasteiger partial charge in [0.25, 0.3) is 0 Å². The summed E-state index contributed by atoms with van der Waals surface area (Å²) in [7, 11) is 1.46. The van der Waals surface area contributed by atoms with Gasteiger partial charge in [-0.05, 0) is 28.5 Å². The zero-order valence-corrected chi connectivity index (χ0v) is 16.0. The molecular formula is C23H21NO5. The van der Waals surface area contributed by atoms with Crippen LogP contribution in [0.15, 0.2) is 66.7 Å². The Labute approximate surface area is 168 Å². The minimum atomic E-state index is -0.681. The van der Waals surface area contributed by atoms with Gasteiger partial charge >= 0.3 is 5.97 Å². The van der Waals surface area contributed by atoms with E-state index in [1.165, 1.54) is 7.11 Å². The lowest BCUT2D eigenvalue weighted by Gasteiger charge is -2.09. The normalized spacial score (nSPS) is 10.4. The predicted molar refractivity (Wildman–Crippen MR) is 109 cm³/mol. The quantitative estimate of drug-likeness (QED) is 0.472. The first-order valence-corrected chi connectivity index (χ1v) is 9.13. The molecule has 3 aromatic rings. The number of hydrogen-bond acceptors (Lipinski definition) is 5. The molecule has 3 rings (SSSR count). The summed E-state index contributed by atoms with van der Waals surface area (Å²) >= 11 is 0. The number of carbonyl (C=O) groups excluding carboxylic acids is 3. The number of amides is 1. The third kappa shape index (κ3) is 5.19. The monoisotopic (exact) mass is 391 g/mol. The van der Waals surface area contributed by atoms with Crippen molar-refractivity contribution in [2.75, 3.05) is 20.3 Å². The van der Waals surface area contributed by atoms with E-state index in [0.717, 1.165) is 16.3 Å². The van der Waals surface area contributed by atoms with Crippen LogP contribution < -0.4 is 10.1 Å². The van der Waals surface area contributed by atoms with Crippen LogP contribution in [0.5, 0.6) is 5.75 Å². The molecule has 0 bridgehead atoms. The molecular weight excluding hydrogens is 370 g/mol. The van der Waals surface area contributed by atoms with Gasteiger partial charge in [0, 0.05) is 0 Å². The summed E-state index contributed by atoms with van der Waals surface area (Å²) < 4.78 is 10.1. The van der Waals surface area contributed by atoms with E-state index in [4.69, 9.17) is 9.47 Å². The van der Waals surface area contributed by atoms with E-state index in [2.05, 4.69) is 5.32 Å². The van der Waals surface area contributed by atoms with Crippen molar-refractivity contribution in [2.24, 2.45) is 0 Å². The van der Waals surface area contributed by atoms with Crippen molar-refractivity contribution in [3.05, 3.63) is 77.9 Å². The highest BCUT2D eigenvalue weighted by atomic mass is 16.5. The molecule has 29 heavy (non-hydrogen) atoms. The number of benzene rings is 3. The van der Waals surface area contributed by atoms with Crippen LogP contribution in [0.4, 0.5) is 0 Å². The topological polar surface area (TPSA) is 81.7 Å². The van der Waals surface area contributed by atoms with Gasteiger partial charge in [-0.2, -0.15) is 0 Å². The highest BCUT2D eigenvalue weighted by Crippen LogP contribution is 2.19. The highest BCUT2D eigenvalue weighted by Gasteiger charge is 2.15. The summed E-state index contributed by atoms with van der Waals surface area (Å²) in [6, 6.07) is 20.2. The number of rotatable bonds is 8. The maximum absolute atomic E-state index is 12.2. The van der Waals surface area contributed by atoms with Crippen LogP contribution in [0.2, 0.25) is 0 Å². The molecule has 0 heterocycles. The van der Waals surface area contributed by atoms with E-state index in [1.807, 2.05) is 42.5 Å². The van der Waals surface area contributed by atoms with Crippen molar-refractivity contribution >= 4 is 28.4 Å². The van der Waals surface area contributed by atoms with Crippen molar-refractivity contribution < 1.29 is 23.9 Å². The molecule has 0 aliphatic rings.